The highest BCUT2D eigenvalue weighted by molar-refractivity contribution is 5.30. The van der Waals surface area contributed by atoms with Gasteiger partial charge in [-0.05, 0) is 61.1 Å². The smallest absolute Gasteiger partial charge is 0.105 e. The molecule has 3 rings (SSSR count). The summed E-state index contributed by atoms with van der Waals surface area (Å²) in [6.07, 6.45) is 0.927. The van der Waals surface area contributed by atoms with Crippen LogP contribution in [0, 0.1) is 11.3 Å². The molecule has 4 unspecified atom stereocenters. The van der Waals surface area contributed by atoms with E-state index in [0.717, 1.165) is 13.0 Å². The molecule has 2 aromatic rings. The summed E-state index contributed by atoms with van der Waals surface area (Å²) < 4.78 is 0. The minimum Gasteiger partial charge on any atom is -0.307 e. The fourth-order valence-electron chi connectivity index (χ4n) is 5.12. The molecule has 0 aliphatic carbocycles. The topological polar surface area (TPSA) is 34.4 Å². The van der Waals surface area contributed by atoms with Crippen LogP contribution in [0.2, 0.25) is 0 Å². The van der Waals surface area contributed by atoms with Crippen molar-refractivity contribution in [1.29, 1.82) is 0 Å². The lowest BCUT2D eigenvalue weighted by molar-refractivity contribution is -0.290. The maximum atomic E-state index is 7.08. The minimum absolute atomic E-state index is 0.00996. The number of hydrogen-bond acceptors (Lipinski definition) is 3. The Bertz CT molecular complexity index is 857. The van der Waals surface area contributed by atoms with Crippen LogP contribution in [-0.4, -0.2) is 23.2 Å². The molecule has 1 aliphatic heterocycles. The summed E-state index contributed by atoms with van der Waals surface area (Å²) in [5, 5.41) is 5.73. The van der Waals surface area contributed by atoms with Crippen LogP contribution >= 0.6 is 0 Å². The van der Waals surface area contributed by atoms with Gasteiger partial charge >= 0.3 is 0 Å². The first-order valence-electron chi connectivity index (χ1n) is 12.7. The number of hydrogen-bond donors (Lipinski definition) is 1. The highest BCUT2D eigenvalue weighted by Crippen LogP contribution is 2.40. The number of benzene rings is 2. The quantitative estimate of drug-likeness (QED) is 0.314. The van der Waals surface area contributed by atoms with Gasteiger partial charge in [0.05, 0.1) is 0 Å². The second kappa shape index (κ2) is 10.3. The molecule has 3 heteroatoms. The minimum atomic E-state index is -0.117. The zero-order chi connectivity index (χ0) is 24.4. The van der Waals surface area contributed by atoms with Crippen molar-refractivity contribution >= 4 is 0 Å². The van der Waals surface area contributed by atoms with Crippen LogP contribution < -0.4 is 5.32 Å². The average Bonchev–Trinajstić information content (AvgIpc) is 3.57. The summed E-state index contributed by atoms with van der Waals surface area (Å²) >= 11 is 0. The van der Waals surface area contributed by atoms with Crippen molar-refractivity contribution in [2.24, 2.45) is 11.3 Å². The molecule has 0 amide bonds. The molecule has 182 valence electrons. The Morgan fingerprint density at radius 3 is 1.91 bits per heavy atom. The van der Waals surface area contributed by atoms with Gasteiger partial charge in [-0.3, -0.25) is 4.84 Å². The third-order valence-corrected chi connectivity index (χ3v) is 6.73. The van der Waals surface area contributed by atoms with Gasteiger partial charge in [-0.1, -0.05) is 96.1 Å². The van der Waals surface area contributed by atoms with E-state index in [2.05, 4.69) is 127 Å². The summed E-state index contributed by atoms with van der Waals surface area (Å²) in [5.41, 5.74) is 3.97. The van der Waals surface area contributed by atoms with Crippen LogP contribution in [0.4, 0.5) is 0 Å². The van der Waals surface area contributed by atoms with Crippen LogP contribution in [0.15, 0.2) is 54.6 Å². The van der Waals surface area contributed by atoms with E-state index in [0.29, 0.717) is 23.9 Å². The van der Waals surface area contributed by atoms with E-state index in [1.165, 1.54) is 16.7 Å². The Morgan fingerprint density at radius 2 is 1.45 bits per heavy atom. The van der Waals surface area contributed by atoms with Gasteiger partial charge in [-0.15, -0.1) is 0 Å². The van der Waals surface area contributed by atoms with E-state index in [1.54, 1.807) is 0 Å². The van der Waals surface area contributed by atoms with Gasteiger partial charge in [0, 0.05) is 24.2 Å². The first kappa shape index (κ1) is 25.9. The van der Waals surface area contributed by atoms with Crippen molar-refractivity contribution in [2.45, 2.75) is 98.4 Å². The van der Waals surface area contributed by atoms with Gasteiger partial charge in [-0.25, -0.2) is 0 Å². The fourth-order valence-corrected chi connectivity index (χ4v) is 5.12. The lowest BCUT2D eigenvalue weighted by Gasteiger charge is -2.49. The largest absolute Gasteiger partial charge is 0.307 e. The summed E-state index contributed by atoms with van der Waals surface area (Å²) in [6.45, 7) is 21.8. The predicted octanol–water partition coefficient (Wildman–Crippen LogP) is 7.67. The molecule has 33 heavy (non-hydrogen) atoms. The molecule has 0 bridgehead atoms. The van der Waals surface area contributed by atoms with Gasteiger partial charge in [0.15, 0.2) is 0 Å². The van der Waals surface area contributed by atoms with Crippen LogP contribution in [0.1, 0.15) is 103 Å². The normalized spacial score (nSPS) is 19.5. The third kappa shape index (κ3) is 6.91. The Hall–Kier alpha value is -1.68. The van der Waals surface area contributed by atoms with Crippen molar-refractivity contribution in [1.82, 2.24) is 10.4 Å². The zero-order valence-corrected chi connectivity index (χ0v) is 22.4. The molecule has 3 nitrogen and oxygen atoms in total. The SMILES string of the molecule is CC(CC(ON(C(C(C)C)C(C)(C)C)C(C)(C)C)c1ccc(C2CN2)cc1)c1ccccc1. The molecule has 2 aromatic carbocycles. The first-order valence-corrected chi connectivity index (χ1v) is 12.7. The van der Waals surface area contributed by atoms with Crippen molar-refractivity contribution < 1.29 is 4.84 Å². The highest BCUT2D eigenvalue weighted by Gasteiger charge is 2.41. The lowest BCUT2D eigenvalue weighted by Crippen LogP contribution is -2.55. The van der Waals surface area contributed by atoms with E-state index in [9.17, 15) is 0 Å². The maximum absolute atomic E-state index is 7.08. The Balaban J connectivity index is 1.95. The lowest BCUT2D eigenvalue weighted by atomic mass is 9.78. The first-order chi connectivity index (χ1) is 15.4. The van der Waals surface area contributed by atoms with Crippen LogP contribution in [0.25, 0.3) is 0 Å². The molecule has 1 N–H and O–H groups in total. The molecule has 1 aliphatic rings. The molecule has 0 spiro atoms. The van der Waals surface area contributed by atoms with E-state index in [4.69, 9.17) is 4.84 Å². The molecule has 1 saturated heterocycles. The van der Waals surface area contributed by atoms with Gasteiger partial charge < -0.3 is 5.32 Å². The summed E-state index contributed by atoms with van der Waals surface area (Å²) in [6, 6.07) is 20.7. The van der Waals surface area contributed by atoms with Crippen LogP contribution in [0.3, 0.4) is 0 Å². The van der Waals surface area contributed by atoms with E-state index in [-0.39, 0.29) is 17.1 Å². The number of nitrogens with one attached hydrogen (secondary N) is 1. The van der Waals surface area contributed by atoms with Crippen LogP contribution in [0.5, 0.6) is 0 Å². The summed E-state index contributed by atoms with van der Waals surface area (Å²) in [7, 11) is 0. The Morgan fingerprint density at radius 1 is 0.879 bits per heavy atom. The molecule has 0 aromatic heterocycles. The Labute approximate surface area is 202 Å². The summed E-state index contributed by atoms with van der Waals surface area (Å²) in [4.78, 5) is 7.08. The Kier molecular flexibility index (Phi) is 8.09. The van der Waals surface area contributed by atoms with Gasteiger partial charge in [0.25, 0.3) is 0 Å². The number of hydroxylamine groups is 2. The second-order valence-corrected chi connectivity index (χ2v) is 12.3. The summed E-state index contributed by atoms with van der Waals surface area (Å²) in [5.74, 6) is 0.870. The second-order valence-electron chi connectivity index (χ2n) is 12.3. The molecule has 0 radical (unpaired) electrons. The van der Waals surface area contributed by atoms with Crippen molar-refractivity contribution in [3.63, 3.8) is 0 Å². The van der Waals surface area contributed by atoms with Crippen molar-refractivity contribution in [3.05, 3.63) is 71.3 Å². The number of rotatable bonds is 9. The monoisotopic (exact) mass is 450 g/mol. The molecular formula is C30H46N2O. The highest BCUT2D eigenvalue weighted by atomic mass is 16.7. The fraction of sp³-hybridized carbons (Fsp3) is 0.600. The van der Waals surface area contributed by atoms with Gasteiger partial charge in [-0.2, -0.15) is 5.06 Å². The standard InChI is InChI=1S/C30H46N2O/c1-21(2)28(29(4,5)6)32(30(7,8)9)33-27(19-22(3)23-13-11-10-12-14-23)25-17-15-24(16-18-25)26-20-31-26/h10-18,21-22,26-28,31H,19-20H2,1-9H3. The van der Waals surface area contributed by atoms with Gasteiger partial charge in [0.1, 0.15) is 6.10 Å². The predicted molar refractivity (Wildman–Crippen MR) is 140 cm³/mol. The molecule has 1 fully saturated rings. The van der Waals surface area contributed by atoms with E-state index in [1.807, 2.05) is 0 Å². The molecular weight excluding hydrogens is 404 g/mol. The van der Waals surface area contributed by atoms with Crippen molar-refractivity contribution in [3.8, 4) is 0 Å². The van der Waals surface area contributed by atoms with Crippen LogP contribution in [-0.2, 0) is 4.84 Å². The van der Waals surface area contributed by atoms with E-state index < -0.39 is 0 Å². The molecule has 0 saturated carbocycles. The van der Waals surface area contributed by atoms with Crippen molar-refractivity contribution in [2.75, 3.05) is 6.54 Å². The average molecular weight is 451 g/mol. The number of nitrogens with zero attached hydrogens (tertiary/aromatic N) is 1. The van der Waals surface area contributed by atoms with Gasteiger partial charge in [0.2, 0.25) is 0 Å². The molecule has 1 heterocycles. The maximum Gasteiger partial charge on any atom is 0.105 e. The van der Waals surface area contributed by atoms with E-state index >= 15 is 0 Å². The molecule has 4 atom stereocenters. The zero-order valence-electron chi connectivity index (χ0n) is 22.4. The third-order valence-electron chi connectivity index (χ3n) is 6.73.